The molecule has 0 spiro atoms. The zero-order valence-electron chi connectivity index (χ0n) is 18.1. The van der Waals surface area contributed by atoms with Crippen LogP contribution in [0.3, 0.4) is 0 Å². The number of halogens is 4. The number of ether oxygens (including phenoxy) is 1. The molecule has 2 N–H and O–H groups in total. The topological polar surface area (TPSA) is 50.4 Å². The quantitative estimate of drug-likeness (QED) is 0.352. The van der Waals surface area contributed by atoms with Crippen molar-refractivity contribution in [3.63, 3.8) is 0 Å². The second-order valence-electron chi connectivity index (χ2n) is 7.91. The molecule has 1 amide bonds. The normalized spacial score (nSPS) is 12.6. The van der Waals surface area contributed by atoms with Gasteiger partial charge in [0.2, 0.25) is 0 Å². The summed E-state index contributed by atoms with van der Waals surface area (Å²) in [4.78, 5) is 12.3. The molecule has 4 nitrogen and oxygen atoms in total. The number of aryl methyl sites for hydroxylation is 1. The number of carbonyl (C=O) groups is 1. The van der Waals surface area contributed by atoms with E-state index in [0.29, 0.717) is 16.5 Å². The van der Waals surface area contributed by atoms with Gasteiger partial charge in [0.25, 0.3) is 5.91 Å². The number of hydrogen-bond acceptors (Lipinski definition) is 3. The van der Waals surface area contributed by atoms with E-state index < -0.39 is 23.1 Å². The third kappa shape index (κ3) is 5.17. The first-order chi connectivity index (χ1) is 16.2. The Kier molecular flexibility index (Phi) is 7.36. The highest BCUT2D eigenvalue weighted by atomic mass is 35.5. The van der Waals surface area contributed by atoms with E-state index in [1.165, 1.54) is 6.07 Å². The molecule has 1 aliphatic rings. The average Bonchev–Trinajstić information content (AvgIpc) is 2.79. The third-order valence-electron chi connectivity index (χ3n) is 5.60. The smallest absolute Gasteiger partial charge is 0.263 e. The Labute approximate surface area is 211 Å². The molecule has 1 aliphatic carbocycles. The molecular formula is C25H20Cl2F2N2O2S. The molecule has 0 atom stereocenters. The van der Waals surface area contributed by atoms with Crippen molar-refractivity contribution in [3.8, 4) is 11.5 Å². The lowest BCUT2D eigenvalue weighted by Gasteiger charge is -2.21. The fourth-order valence-electron chi connectivity index (χ4n) is 3.91. The first-order valence-corrected chi connectivity index (χ1v) is 11.8. The van der Waals surface area contributed by atoms with Gasteiger partial charge in [0.1, 0.15) is 28.7 Å². The van der Waals surface area contributed by atoms with E-state index in [1.54, 1.807) is 12.1 Å². The average molecular weight is 521 g/mol. The molecule has 0 saturated carbocycles. The Morgan fingerprint density at radius 3 is 2.35 bits per heavy atom. The molecule has 0 fully saturated rings. The summed E-state index contributed by atoms with van der Waals surface area (Å²) in [7, 11) is 0. The number of benzene rings is 3. The van der Waals surface area contributed by atoms with Crippen LogP contribution in [0, 0.1) is 18.6 Å². The lowest BCUT2D eigenvalue weighted by Crippen LogP contribution is -2.35. The molecule has 0 bridgehead atoms. The van der Waals surface area contributed by atoms with Crippen LogP contribution in [0.5, 0.6) is 11.5 Å². The van der Waals surface area contributed by atoms with Gasteiger partial charge in [0.05, 0.1) is 5.02 Å². The van der Waals surface area contributed by atoms with E-state index in [0.717, 1.165) is 65.3 Å². The van der Waals surface area contributed by atoms with E-state index in [-0.39, 0.29) is 5.11 Å². The summed E-state index contributed by atoms with van der Waals surface area (Å²) >= 11 is 18.0. The minimum absolute atomic E-state index is 0.132. The van der Waals surface area contributed by atoms with Gasteiger partial charge >= 0.3 is 0 Å². The van der Waals surface area contributed by atoms with Crippen LogP contribution >= 0.6 is 35.4 Å². The molecule has 9 heteroatoms. The van der Waals surface area contributed by atoms with Crippen LogP contribution < -0.4 is 15.4 Å². The van der Waals surface area contributed by atoms with Crippen LogP contribution in [0.4, 0.5) is 14.5 Å². The van der Waals surface area contributed by atoms with Crippen molar-refractivity contribution in [1.82, 2.24) is 5.32 Å². The zero-order valence-corrected chi connectivity index (χ0v) is 20.4. The second-order valence-corrected chi connectivity index (χ2v) is 9.14. The summed E-state index contributed by atoms with van der Waals surface area (Å²) in [6.45, 7) is 1.81. The Morgan fingerprint density at radius 2 is 1.65 bits per heavy atom. The predicted octanol–water partition coefficient (Wildman–Crippen LogP) is 7.38. The summed E-state index contributed by atoms with van der Waals surface area (Å²) in [5.41, 5.74) is 2.74. The Hall–Kier alpha value is -2.74. The monoisotopic (exact) mass is 520 g/mol. The number of hydrogen-bond donors (Lipinski definition) is 2. The van der Waals surface area contributed by atoms with Crippen LogP contribution in [0.1, 0.15) is 39.9 Å². The van der Waals surface area contributed by atoms with Gasteiger partial charge in [-0.25, -0.2) is 8.78 Å². The molecule has 3 aromatic rings. The van der Waals surface area contributed by atoms with Crippen molar-refractivity contribution in [2.75, 3.05) is 5.32 Å². The van der Waals surface area contributed by atoms with E-state index in [1.807, 2.05) is 19.1 Å². The molecule has 0 heterocycles. The SMILES string of the molecule is Cc1cc(Oc2ccc(Cl)c3c2CCCC3)c(Cl)cc1NC(=S)NC(=O)c1c(F)cccc1F. The van der Waals surface area contributed by atoms with E-state index in [2.05, 4.69) is 10.6 Å². The second kappa shape index (κ2) is 10.3. The summed E-state index contributed by atoms with van der Waals surface area (Å²) in [6.07, 6.45) is 3.97. The van der Waals surface area contributed by atoms with Crippen molar-refractivity contribution in [1.29, 1.82) is 0 Å². The summed E-state index contributed by atoms with van der Waals surface area (Å²) in [6, 6.07) is 10.2. The van der Waals surface area contributed by atoms with Crippen molar-refractivity contribution in [2.45, 2.75) is 32.6 Å². The number of anilines is 1. The van der Waals surface area contributed by atoms with E-state index in [4.69, 9.17) is 40.2 Å². The molecule has 3 aromatic carbocycles. The number of rotatable bonds is 4. The van der Waals surface area contributed by atoms with E-state index in [9.17, 15) is 13.6 Å². The highest BCUT2D eigenvalue weighted by Crippen LogP contribution is 2.39. The van der Waals surface area contributed by atoms with E-state index >= 15 is 0 Å². The summed E-state index contributed by atoms with van der Waals surface area (Å²) < 4.78 is 33.8. The zero-order chi connectivity index (χ0) is 24.4. The van der Waals surface area contributed by atoms with Crippen LogP contribution in [0.15, 0.2) is 42.5 Å². The fraction of sp³-hybridized carbons (Fsp3) is 0.200. The highest BCUT2D eigenvalue weighted by molar-refractivity contribution is 7.80. The molecule has 0 unspecified atom stereocenters. The number of thiocarbonyl (C=S) groups is 1. The largest absolute Gasteiger partial charge is 0.455 e. The van der Waals surface area contributed by atoms with Crippen molar-refractivity contribution >= 4 is 52.1 Å². The van der Waals surface area contributed by atoms with Gasteiger partial charge in [-0.05, 0) is 97.9 Å². The van der Waals surface area contributed by atoms with Gasteiger partial charge in [0.15, 0.2) is 5.11 Å². The maximum Gasteiger partial charge on any atom is 0.263 e. The molecular weight excluding hydrogens is 501 g/mol. The maximum absolute atomic E-state index is 13.8. The molecule has 0 aromatic heterocycles. The number of amides is 1. The minimum atomic E-state index is -0.996. The Balaban J connectivity index is 1.50. The minimum Gasteiger partial charge on any atom is -0.455 e. The van der Waals surface area contributed by atoms with Crippen LogP contribution in [0.2, 0.25) is 10.0 Å². The highest BCUT2D eigenvalue weighted by Gasteiger charge is 2.20. The number of nitrogens with one attached hydrogen (secondary N) is 2. The molecule has 4 rings (SSSR count). The van der Waals surface area contributed by atoms with Crippen LogP contribution in [-0.4, -0.2) is 11.0 Å². The molecule has 34 heavy (non-hydrogen) atoms. The van der Waals surface area contributed by atoms with Gasteiger partial charge in [-0.2, -0.15) is 0 Å². The predicted molar refractivity (Wildman–Crippen MR) is 134 cm³/mol. The number of carbonyl (C=O) groups excluding carboxylic acids is 1. The molecule has 0 aliphatic heterocycles. The lowest BCUT2D eigenvalue weighted by molar-refractivity contribution is 0.0969. The first-order valence-electron chi connectivity index (χ1n) is 10.6. The molecule has 0 saturated heterocycles. The van der Waals surface area contributed by atoms with Gasteiger partial charge in [-0.3, -0.25) is 10.1 Å². The van der Waals surface area contributed by atoms with Gasteiger partial charge in [-0.1, -0.05) is 29.3 Å². The Morgan fingerprint density at radius 1 is 0.971 bits per heavy atom. The standard InChI is InChI=1S/C25H20Cl2F2N2O2S/c1-13-11-22(33-21-10-9-16(26)14-5-2-3-6-15(14)21)17(27)12-20(13)30-25(34)31-24(32)23-18(28)7-4-8-19(23)29/h4,7-12H,2-3,5-6H2,1H3,(H2,30,31,32,34). The fourth-order valence-corrected chi connectivity index (χ4v) is 4.58. The lowest BCUT2D eigenvalue weighted by atomic mass is 9.91. The summed E-state index contributed by atoms with van der Waals surface area (Å²) in [5.74, 6) is -1.78. The van der Waals surface area contributed by atoms with Crippen LogP contribution in [-0.2, 0) is 12.8 Å². The van der Waals surface area contributed by atoms with Gasteiger partial charge in [-0.15, -0.1) is 0 Å². The first kappa shape index (κ1) is 24.4. The van der Waals surface area contributed by atoms with Gasteiger partial charge in [0, 0.05) is 10.7 Å². The maximum atomic E-state index is 13.8. The molecule has 176 valence electrons. The van der Waals surface area contributed by atoms with Crippen molar-refractivity contribution in [2.24, 2.45) is 0 Å². The molecule has 0 radical (unpaired) electrons. The van der Waals surface area contributed by atoms with Crippen molar-refractivity contribution in [3.05, 3.63) is 86.4 Å². The number of fused-ring (bicyclic) bond motifs is 1. The summed E-state index contributed by atoms with van der Waals surface area (Å²) in [5, 5.41) is 6.05. The third-order valence-corrected chi connectivity index (χ3v) is 6.45. The van der Waals surface area contributed by atoms with Crippen molar-refractivity contribution < 1.29 is 18.3 Å². The Bertz CT molecular complexity index is 1280. The van der Waals surface area contributed by atoms with Crippen LogP contribution in [0.25, 0.3) is 0 Å². The van der Waals surface area contributed by atoms with Gasteiger partial charge < -0.3 is 10.1 Å².